The van der Waals surface area contributed by atoms with Crippen molar-refractivity contribution in [1.29, 1.82) is 0 Å². The second kappa shape index (κ2) is 6.12. The summed E-state index contributed by atoms with van der Waals surface area (Å²) in [6, 6.07) is 7.67. The zero-order valence-electron chi connectivity index (χ0n) is 12.1. The molecule has 0 aliphatic rings. The van der Waals surface area contributed by atoms with Crippen LogP contribution in [0.25, 0.3) is 16.2 Å². The van der Waals surface area contributed by atoms with Crippen LogP contribution in [0, 0.1) is 0 Å². The lowest BCUT2D eigenvalue weighted by molar-refractivity contribution is -0.119. The van der Waals surface area contributed by atoms with Crippen LogP contribution in [0.1, 0.15) is 0 Å². The van der Waals surface area contributed by atoms with Gasteiger partial charge in [-0.2, -0.15) is 4.98 Å². The van der Waals surface area contributed by atoms with Crippen molar-refractivity contribution in [1.82, 2.24) is 14.6 Å². The van der Waals surface area contributed by atoms with Crippen LogP contribution in [0.2, 0.25) is 0 Å². The number of rotatable bonds is 5. The molecule has 22 heavy (non-hydrogen) atoms. The zero-order chi connectivity index (χ0) is 15.5. The van der Waals surface area contributed by atoms with Gasteiger partial charge in [0.15, 0.2) is 0 Å². The monoisotopic (exact) mass is 318 g/mol. The molecule has 2 heterocycles. The Labute approximate surface area is 130 Å². The molecule has 2 aromatic heterocycles. The lowest BCUT2D eigenvalue weighted by Gasteiger charge is -2.06. The van der Waals surface area contributed by atoms with E-state index in [0.717, 1.165) is 17.0 Å². The first-order valence-electron chi connectivity index (χ1n) is 6.49. The molecule has 0 bridgehead atoms. The van der Waals surface area contributed by atoms with Gasteiger partial charge < -0.3 is 9.47 Å². The van der Waals surface area contributed by atoms with Gasteiger partial charge in [0.25, 0.3) is 11.9 Å². The smallest absolute Gasteiger partial charge is 0.252 e. The first-order valence-corrected chi connectivity index (χ1v) is 7.37. The summed E-state index contributed by atoms with van der Waals surface area (Å²) in [6.45, 7) is -0.0355. The third-order valence-electron chi connectivity index (χ3n) is 2.99. The summed E-state index contributed by atoms with van der Waals surface area (Å²) in [7, 11) is 3.08. The molecule has 7 nitrogen and oxygen atoms in total. The summed E-state index contributed by atoms with van der Waals surface area (Å²) in [5.41, 5.74) is 1.77. The van der Waals surface area contributed by atoms with Crippen LogP contribution in [-0.2, 0) is 9.53 Å². The summed E-state index contributed by atoms with van der Waals surface area (Å²) in [5.74, 6) is 0.715. The molecule has 3 rings (SSSR count). The summed E-state index contributed by atoms with van der Waals surface area (Å²) < 4.78 is 11.8. The van der Waals surface area contributed by atoms with Gasteiger partial charge in [-0.1, -0.05) is 12.1 Å². The topological polar surface area (TPSA) is 77.8 Å². The molecule has 3 aromatic rings. The Bertz CT molecular complexity index is 811. The molecule has 1 amide bonds. The van der Waals surface area contributed by atoms with Gasteiger partial charge in [-0.15, -0.1) is 16.4 Å². The van der Waals surface area contributed by atoms with E-state index < -0.39 is 0 Å². The maximum absolute atomic E-state index is 11.5. The molecule has 0 aliphatic carbocycles. The number of para-hydroxylation sites is 1. The number of carbonyl (C=O) groups is 1. The Morgan fingerprint density at radius 3 is 2.95 bits per heavy atom. The zero-order valence-corrected chi connectivity index (χ0v) is 12.9. The van der Waals surface area contributed by atoms with Gasteiger partial charge in [-0.25, -0.2) is 4.52 Å². The Morgan fingerprint density at radius 2 is 2.18 bits per heavy atom. The highest BCUT2D eigenvalue weighted by atomic mass is 32.1. The van der Waals surface area contributed by atoms with Crippen LogP contribution in [0.4, 0.5) is 5.95 Å². The van der Waals surface area contributed by atoms with Crippen molar-refractivity contribution in [3.63, 3.8) is 0 Å². The average Bonchev–Trinajstić information content (AvgIpc) is 3.07. The van der Waals surface area contributed by atoms with Gasteiger partial charge >= 0.3 is 0 Å². The van der Waals surface area contributed by atoms with Crippen LogP contribution in [-0.4, -0.2) is 41.3 Å². The first kappa shape index (κ1) is 14.5. The van der Waals surface area contributed by atoms with Gasteiger partial charge in [0.1, 0.15) is 12.4 Å². The van der Waals surface area contributed by atoms with Crippen molar-refractivity contribution >= 4 is 28.2 Å². The first-order chi connectivity index (χ1) is 10.7. The molecule has 0 aliphatic heterocycles. The molecule has 114 valence electrons. The Hall–Kier alpha value is -2.45. The maximum Gasteiger partial charge on any atom is 0.252 e. The quantitative estimate of drug-likeness (QED) is 0.779. The van der Waals surface area contributed by atoms with E-state index in [0.29, 0.717) is 4.96 Å². The van der Waals surface area contributed by atoms with E-state index in [9.17, 15) is 4.79 Å². The lowest BCUT2D eigenvalue weighted by atomic mass is 10.1. The van der Waals surface area contributed by atoms with E-state index in [2.05, 4.69) is 15.4 Å². The van der Waals surface area contributed by atoms with E-state index in [1.54, 1.807) is 11.6 Å². The number of anilines is 1. The maximum atomic E-state index is 11.5. The number of amides is 1. The van der Waals surface area contributed by atoms with E-state index >= 15 is 0 Å². The SMILES string of the molecule is COCC(=O)Nc1nc2scc(-c3ccccc3OC)n2n1. The molecule has 0 saturated heterocycles. The number of carbonyl (C=O) groups excluding carboxylic acids is 1. The summed E-state index contributed by atoms with van der Waals surface area (Å²) in [6.07, 6.45) is 0. The second-order valence-corrected chi connectivity index (χ2v) is 5.27. The highest BCUT2D eigenvalue weighted by molar-refractivity contribution is 7.15. The van der Waals surface area contributed by atoms with Crippen molar-refractivity contribution in [3.05, 3.63) is 29.6 Å². The molecule has 1 N–H and O–H groups in total. The minimum absolute atomic E-state index is 0.0355. The predicted molar refractivity (Wildman–Crippen MR) is 83.4 cm³/mol. The van der Waals surface area contributed by atoms with Gasteiger partial charge in [0.05, 0.1) is 12.8 Å². The van der Waals surface area contributed by atoms with Gasteiger partial charge in [-0.05, 0) is 12.1 Å². The second-order valence-electron chi connectivity index (χ2n) is 4.43. The number of methoxy groups -OCH3 is 2. The summed E-state index contributed by atoms with van der Waals surface area (Å²) in [4.78, 5) is 16.5. The number of aromatic nitrogens is 3. The van der Waals surface area contributed by atoms with E-state index in [-0.39, 0.29) is 18.5 Å². The molecular weight excluding hydrogens is 304 g/mol. The fourth-order valence-electron chi connectivity index (χ4n) is 2.07. The van der Waals surface area contributed by atoms with Crippen LogP contribution >= 0.6 is 11.3 Å². The minimum Gasteiger partial charge on any atom is -0.496 e. The van der Waals surface area contributed by atoms with Crippen LogP contribution < -0.4 is 10.1 Å². The molecule has 0 radical (unpaired) electrons. The number of hydrogen-bond acceptors (Lipinski definition) is 6. The van der Waals surface area contributed by atoms with Gasteiger partial charge in [0, 0.05) is 18.1 Å². The van der Waals surface area contributed by atoms with E-state index in [1.165, 1.54) is 18.4 Å². The number of fused-ring (bicyclic) bond motifs is 1. The fourth-order valence-corrected chi connectivity index (χ4v) is 2.89. The molecule has 1 aromatic carbocycles. The molecule has 0 spiro atoms. The highest BCUT2D eigenvalue weighted by Gasteiger charge is 2.15. The standard InChI is InChI=1S/C14H14N4O3S/c1-20-7-12(19)15-13-16-14-18(17-13)10(8-22-14)9-5-3-4-6-11(9)21-2/h3-6,8H,7H2,1-2H3,(H,15,17,19). The van der Waals surface area contributed by atoms with E-state index in [4.69, 9.17) is 9.47 Å². The average molecular weight is 318 g/mol. The number of thiazole rings is 1. The van der Waals surface area contributed by atoms with Crippen molar-refractivity contribution in [2.75, 3.05) is 26.1 Å². The lowest BCUT2D eigenvalue weighted by Crippen LogP contribution is -2.18. The summed E-state index contributed by atoms with van der Waals surface area (Å²) in [5, 5.41) is 8.87. The van der Waals surface area contributed by atoms with Gasteiger partial charge in [0.2, 0.25) is 4.96 Å². The molecule has 8 heteroatoms. The van der Waals surface area contributed by atoms with Gasteiger partial charge in [-0.3, -0.25) is 10.1 Å². The molecule has 0 fully saturated rings. The third kappa shape index (κ3) is 2.66. The molecule has 0 saturated carbocycles. The van der Waals surface area contributed by atoms with Crippen LogP contribution in [0.5, 0.6) is 5.75 Å². The molecular formula is C14H14N4O3S. The third-order valence-corrected chi connectivity index (χ3v) is 3.81. The fraction of sp³-hybridized carbons (Fsp3) is 0.214. The van der Waals surface area contributed by atoms with Crippen molar-refractivity contribution in [3.8, 4) is 17.0 Å². The Morgan fingerprint density at radius 1 is 1.36 bits per heavy atom. The molecule has 0 atom stereocenters. The minimum atomic E-state index is -0.292. The normalized spacial score (nSPS) is 10.8. The van der Waals surface area contributed by atoms with Crippen molar-refractivity contribution in [2.24, 2.45) is 0 Å². The Kier molecular flexibility index (Phi) is 4.03. The number of hydrogen-bond donors (Lipinski definition) is 1. The van der Waals surface area contributed by atoms with E-state index in [1.807, 2.05) is 29.6 Å². The predicted octanol–water partition coefficient (Wildman–Crippen LogP) is 2.05. The summed E-state index contributed by atoms with van der Waals surface area (Å²) >= 11 is 1.44. The number of nitrogens with zero attached hydrogens (tertiary/aromatic N) is 3. The van der Waals surface area contributed by atoms with Crippen LogP contribution in [0.15, 0.2) is 29.6 Å². The van der Waals surface area contributed by atoms with Crippen molar-refractivity contribution in [2.45, 2.75) is 0 Å². The number of benzene rings is 1. The highest BCUT2D eigenvalue weighted by Crippen LogP contribution is 2.32. The number of nitrogens with one attached hydrogen (secondary N) is 1. The number of ether oxygens (including phenoxy) is 2. The Balaban J connectivity index is 1.98. The molecule has 0 unspecified atom stereocenters. The van der Waals surface area contributed by atoms with Crippen LogP contribution in [0.3, 0.4) is 0 Å². The largest absolute Gasteiger partial charge is 0.496 e. The van der Waals surface area contributed by atoms with Crippen molar-refractivity contribution < 1.29 is 14.3 Å².